The van der Waals surface area contributed by atoms with Crippen LogP contribution in [0.1, 0.15) is 25.3 Å². The quantitative estimate of drug-likeness (QED) is 0.253. The summed E-state index contributed by atoms with van der Waals surface area (Å²) in [6.45, 7) is 1.58. The van der Waals surface area contributed by atoms with E-state index in [2.05, 4.69) is 10.1 Å². The number of alkyl halides is 1. The van der Waals surface area contributed by atoms with E-state index in [1.165, 1.54) is 13.8 Å². The van der Waals surface area contributed by atoms with Crippen molar-refractivity contribution >= 4 is 11.9 Å². The number of dihydropyridines is 1. The van der Waals surface area contributed by atoms with Gasteiger partial charge in [-0.1, -0.05) is 0 Å². The van der Waals surface area contributed by atoms with E-state index in [4.69, 9.17) is 15.2 Å². The highest BCUT2D eigenvalue weighted by atomic mass is 19.2. The zero-order valence-electron chi connectivity index (χ0n) is 17.8. The molecule has 0 amide bonds. The topological polar surface area (TPSA) is 99.9 Å². The predicted molar refractivity (Wildman–Crippen MR) is 105 cm³/mol. The minimum atomic E-state index is -1.87. The molecule has 1 atom stereocenters. The zero-order chi connectivity index (χ0) is 24.0. The van der Waals surface area contributed by atoms with Crippen LogP contribution in [-0.2, 0) is 23.8 Å². The van der Waals surface area contributed by atoms with E-state index in [1.54, 1.807) is 0 Å². The molecule has 1 aliphatic rings. The molecule has 0 radical (unpaired) electrons. The number of halogens is 4. The van der Waals surface area contributed by atoms with E-state index in [0.717, 1.165) is 7.11 Å². The third-order valence-corrected chi connectivity index (χ3v) is 4.51. The molecular formula is C21H24F4N2O5. The summed E-state index contributed by atoms with van der Waals surface area (Å²) >= 11 is 0. The van der Waals surface area contributed by atoms with Gasteiger partial charge in [-0.05, 0) is 26.0 Å². The van der Waals surface area contributed by atoms with Crippen LogP contribution in [-0.4, -0.2) is 51.6 Å². The van der Waals surface area contributed by atoms with Crippen molar-refractivity contribution < 1.29 is 41.4 Å². The van der Waals surface area contributed by atoms with E-state index in [0.29, 0.717) is 12.1 Å². The van der Waals surface area contributed by atoms with Crippen molar-refractivity contribution in [3.63, 3.8) is 0 Å². The summed E-state index contributed by atoms with van der Waals surface area (Å²) < 4.78 is 72.8. The molecule has 0 aliphatic carbocycles. The summed E-state index contributed by atoms with van der Waals surface area (Å²) in [5, 5.41) is 2.56. The van der Waals surface area contributed by atoms with Crippen LogP contribution in [0.15, 0.2) is 34.7 Å². The van der Waals surface area contributed by atoms with Crippen molar-refractivity contribution in [1.29, 1.82) is 0 Å². The number of rotatable bonds is 9. The monoisotopic (exact) mass is 460 g/mol. The summed E-state index contributed by atoms with van der Waals surface area (Å²) in [5.74, 6) is -8.43. The number of ether oxygens (including phenoxy) is 3. The van der Waals surface area contributed by atoms with E-state index in [-0.39, 0.29) is 25.5 Å². The van der Waals surface area contributed by atoms with Gasteiger partial charge in [0.1, 0.15) is 12.5 Å². The molecule has 32 heavy (non-hydrogen) atoms. The second-order valence-corrected chi connectivity index (χ2v) is 7.02. The first kappa shape index (κ1) is 25.3. The summed E-state index contributed by atoms with van der Waals surface area (Å²) in [6.07, 6.45) is -0.655. The minimum Gasteiger partial charge on any atom is -0.466 e. The molecule has 1 aromatic carbocycles. The number of benzene rings is 1. The lowest BCUT2D eigenvalue weighted by atomic mass is 9.79. The number of esters is 2. The van der Waals surface area contributed by atoms with Crippen LogP contribution in [0.4, 0.5) is 17.6 Å². The lowest BCUT2D eigenvalue weighted by Crippen LogP contribution is -2.37. The number of nitrogens with one attached hydrogen (secondary N) is 1. The summed E-state index contributed by atoms with van der Waals surface area (Å²) in [6, 6.07) is 1.18. The van der Waals surface area contributed by atoms with Crippen molar-refractivity contribution in [1.82, 2.24) is 5.32 Å². The van der Waals surface area contributed by atoms with Gasteiger partial charge in [-0.3, -0.25) is 0 Å². The number of hydrogen-bond acceptors (Lipinski definition) is 7. The number of nitrogens with two attached hydrogens (primary N) is 1. The van der Waals surface area contributed by atoms with Crippen LogP contribution < -0.4 is 11.1 Å². The maximum Gasteiger partial charge on any atom is 0.337 e. The Morgan fingerprint density at radius 1 is 1.09 bits per heavy atom. The highest BCUT2D eigenvalue weighted by Gasteiger charge is 2.43. The highest BCUT2D eigenvalue weighted by Crippen LogP contribution is 2.42. The lowest BCUT2D eigenvalue weighted by molar-refractivity contribution is -0.143. The van der Waals surface area contributed by atoms with Gasteiger partial charge in [0, 0.05) is 12.1 Å². The molecule has 0 fully saturated rings. The summed E-state index contributed by atoms with van der Waals surface area (Å²) in [7, 11) is 0.968. The van der Waals surface area contributed by atoms with Crippen molar-refractivity contribution in [2.24, 2.45) is 5.73 Å². The van der Waals surface area contributed by atoms with Crippen molar-refractivity contribution in [2.45, 2.75) is 25.9 Å². The molecule has 7 nitrogen and oxygen atoms in total. The van der Waals surface area contributed by atoms with Crippen LogP contribution in [0.3, 0.4) is 0 Å². The zero-order valence-corrected chi connectivity index (χ0v) is 17.8. The Morgan fingerprint density at radius 2 is 1.72 bits per heavy atom. The molecule has 1 aromatic rings. The molecule has 0 saturated heterocycles. The predicted octanol–water partition coefficient (Wildman–Crippen LogP) is 2.37. The second-order valence-electron chi connectivity index (χ2n) is 7.02. The standard InChI is InChI=1S/C21H24F4N2O5/c1-10(2)32-21(29)17-14(9-31-7-6-26)27-13(8-22)16(20(28)30-3)18(17)15-11(23)4-5-12(24)19(15)25/h4-5,10,18,27H,6-9,26H2,1-3H3. The van der Waals surface area contributed by atoms with Crippen molar-refractivity contribution in [3.8, 4) is 0 Å². The van der Waals surface area contributed by atoms with Crippen LogP contribution in [0.5, 0.6) is 0 Å². The number of methoxy groups -OCH3 is 1. The molecule has 1 heterocycles. The molecule has 176 valence electrons. The van der Waals surface area contributed by atoms with E-state index in [9.17, 15) is 27.2 Å². The Balaban J connectivity index is 2.86. The summed E-state index contributed by atoms with van der Waals surface area (Å²) in [5.41, 5.74) is 2.84. The Labute approximate surface area is 182 Å². The molecule has 0 spiro atoms. The molecule has 1 aliphatic heterocycles. The second kappa shape index (κ2) is 11.1. The van der Waals surface area contributed by atoms with Crippen molar-refractivity contribution in [2.75, 3.05) is 33.5 Å². The van der Waals surface area contributed by atoms with Gasteiger partial charge in [-0.2, -0.15) is 0 Å². The number of allylic oxidation sites excluding steroid dienone is 1. The molecule has 0 bridgehead atoms. The van der Waals surface area contributed by atoms with Crippen LogP contribution in [0, 0.1) is 17.5 Å². The van der Waals surface area contributed by atoms with E-state index >= 15 is 0 Å². The largest absolute Gasteiger partial charge is 0.466 e. The van der Waals surface area contributed by atoms with Gasteiger partial charge >= 0.3 is 11.9 Å². The minimum absolute atomic E-state index is 0.0452. The van der Waals surface area contributed by atoms with Gasteiger partial charge in [-0.15, -0.1) is 0 Å². The van der Waals surface area contributed by atoms with Crippen LogP contribution in [0.25, 0.3) is 0 Å². The first-order valence-corrected chi connectivity index (χ1v) is 9.67. The van der Waals surface area contributed by atoms with Gasteiger partial charge in [0.15, 0.2) is 11.6 Å². The average molecular weight is 460 g/mol. The first-order valence-electron chi connectivity index (χ1n) is 9.67. The lowest BCUT2D eigenvalue weighted by Gasteiger charge is -2.32. The first-order chi connectivity index (χ1) is 15.2. The number of carbonyl (C=O) groups excluding carboxylic acids is 2. The Bertz CT molecular complexity index is 946. The normalized spacial score (nSPS) is 16.3. The molecule has 0 aromatic heterocycles. The molecular weight excluding hydrogens is 436 g/mol. The fourth-order valence-corrected chi connectivity index (χ4v) is 3.25. The third kappa shape index (κ3) is 5.28. The van der Waals surface area contributed by atoms with Crippen molar-refractivity contribution in [3.05, 3.63) is 57.7 Å². The summed E-state index contributed by atoms with van der Waals surface area (Å²) in [4.78, 5) is 25.5. The Morgan fingerprint density at radius 3 is 2.28 bits per heavy atom. The fraction of sp³-hybridized carbons (Fsp3) is 0.429. The van der Waals surface area contributed by atoms with Crippen LogP contribution >= 0.6 is 0 Å². The van der Waals surface area contributed by atoms with Gasteiger partial charge < -0.3 is 25.3 Å². The Kier molecular flexibility index (Phi) is 8.79. The average Bonchev–Trinajstić information content (AvgIpc) is 2.75. The SMILES string of the molecule is COC(=O)C1=C(CF)NC(COCCN)=C(C(=O)OC(C)C)C1c1c(F)ccc(F)c1F. The molecule has 1 unspecified atom stereocenters. The van der Waals surface area contributed by atoms with Gasteiger partial charge in [0.25, 0.3) is 0 Å². The number of carbonyl (C=O) groups is 2. The Hall–Kier alpha value is -2.92. The van der Waals surface area contributed by atoms with Crippen LogP contribution in [0.2, 0.25) is 0 Å². The maximum absolute atomic E-state index is 14.8. The number of hydrogen-bond donors (Lipinski definition) is 2. The van der Waals surface area contributed by atoms with E-state index in [1.807, 2.05) is 0 Å². The van der Waals surface area contributed by atoms with E-state index < -0.39 is 70.5 Å². The fourth-order valence-electron chi connectivity index (χ4n) is 3.25. The highest BCUT2D eigenvalue weighted by molar-refractivity contribution is 6.00. The van der Waals surface area contributed by atoms with Gasteiger partial charge in [0.05, 0.1) is 54.9 Å². The maximum atomic E-state index is 14.8. The van der Waals surface area contributed by atoms with Gasteiger partial charge in [-0.25, -0.2) is 27.2 Å². The molecule has 2 rings (SSSR count). The third-order valence-electron chi connectivity index (χ3n) is 4.51. The molecule has 0 saturated carbocycles. The van der Waals surface area contributed by atoms with Gasteiger partial charge in [0.2, 0.25) is 0 Å². The molecule has 11 heteroatoms. The smallest absolute Gasteiger partial charge is 0.337 e. The molecule has 3 N–H and O–H groups in total.